The smallest absolute Gasteiger partial charge is 0.306 e. The molecule has 0 aromatic heterocycles. The maximum Gasteiger partial charge on any atom is 0.306 e. The number of hydrogen-bond donors (Lipinski definition) is 0. The molecule has 0 amide bonds. The van der Waals surface area contributed by atoms with E-state index in [4.69, 9.17) is 19.2 Å². The van der Waals surface area contributed by atoms with Gasteiger partial charge in [0.05, 0.1) is 12.8 Å². The lowest BCUT2D eigenvalue weighted by molar-refractivity contribution is -0.421. The Morgan fingerprint density at radius 3 is 1.31 bits per heavy atom. The number of thioether (sulfide) groups is 2. The highest BCUT2D eigenvalue weighted by atomic mass is 32.2. The van der Waals surface area contributed by atoms with Gasteiger partial charge in [-0.25, -0.2) is 9.78 Å². The van der Waals surface area contributed by atoms with Crippen molar-refractivity contribution < 1.29 is 28.8 Å². The summed E-state index contributed by atoms with van der Waals surface area (Å²) in [7, 11) is 0. The molecule has 8 heteroatoms. The molecule has 0 fully saturated rings. The van der Waals surface area contributed by atoms with Crippen molar-refractivity contribution in [2.45, 2.75) is 143 Å². The monoisotopic (exact) mass is 550 g/mol. The molecular formula is C28H54O6S2. The maximum atomic E-state index is 12.2. The quantitative estimate of drug-likeness (QED) is 0.0553. The van der Waals surface area contributed by atoms with Crippen molar-refractivity contribution in [1.82, 2.24) is 0 Å². The molecule has 2 atom stereocenters. The van der Waals surface area contributed by atoms with E-state index in [0.717, 1.165) is 23.0 Å². The van der Waals surface area contributed by atoms with Gasteiger partial charge in [0.1, 0.15) is 23.4 Å². The summed E-state index contributed by atoms with van der Waals surface area (Å²) in [5.41, 5.74) is -1.73. The minimum Gasteiger partial charge on any atom is -0.459 e. The van der Waals surface area contributed by atoms with Crippen LogP contribution in [0, 0.1) is 0 Å². The molecule has 214 valence electrons. The largest absolute Gasteiger partial charge is 0.459 e. The lowest BCUT2D eigenvalue weighted by atomic mass is 10.0. The fraction of sp³-hybridized carbons (Fsp3) is 0.929. The van der Waals surface area contributed by atoms with Crippen LogP contribution in [0.25, 0.3) is 0 Å². The second kappa shape index (κ2) is 20.5. The van der Waals surface area contributed by atoms with Crippen LogP contribution >= 0.6 is 23.5 Å². The van der Waals surface area contributed by atoms with E-state index in [0.29, 0.717) is 12.8 Å². The van der Waals surface area contributed by atoms with Crippen LogP contribution in [0.4, 0.5) is 0 Å². The highest BCUT2D eigenvalue weighted by Gasteiger charge is 2.37. The zero-order valence-corrected chi connectivity index (χ0v) is 26.0. The third kappa shape index (κ3) is 17.9. The van der Waals surface area contributed by atoms with Gasteiger partial charge in [-0.05, 0) is 65.9 Å². The molecule has 0 N–H and O–H groups in total. The summed E-state index contributed by atoms with van der Waals surface area (Å²) in [6.45, 7) is 15.3. The average molecular weight is 551 g/mol. The molecular weight excluding hydrogens is 496 g/mol. The van der Waals surface area contributed by atoms with E-state index in [9.17, 15) is 9.59 Å². The van der Waals surface area contributed by atoms with Gasteiger partial charge in [-0.3, -0.25) is 9.59 Å². The van der Waals surface area contributed by atoms with Crippen LogP contribution in [0.2, 0.25) is 0 Å². The number of hydrogen-bond acceptors (Lipinski definition) is 8. The second-order valence-corrected chi connectivity index (χ2v) is 12.9. The molecule has 0 saturated carbocycles. The highest BCUT2D eigenvalue weighted by Crippen LogP contribution is 2.26. The predicted octanol–water partition coefficient (Wildman–Crippen LogP) is 7.76. The first-order valence-corrected chi connectivity index (χ1v) is 16.2. The second-order valence-electron chi connectivity index (χ2n) is 10.5. The summed E-state index contributed by atoms with van der Waals surface area (Å²) in [6, 6.07) is 0. The topological polar surface area (TPSA) is 71.1 Å². The summed E-state index contributed by atoms with van der Waals surface area (Å²) in [4.78, 5) is 35.9. The predicted molar refractivity (Wildman–Crippen MR) is 154 cm³/mol. The van der Waals surface area contributed by atoms with Crippen molar-refractivity contribution >= 4 is 35.5 Å². The van der Waals surface area contributed by atoms with Crippen molar-refractivity contribution in [3.05, 3.63) is 0 Å². The number of carbonyl (C=O) groups excluding carboxylic acids is 2. The van der Waals surface area contributed by atoms with Crippen LogP contribution in [0.5, 0.6) is 0 Å². The highest BCUT2D eigenvalue weighted by molar-refractivity contribution is 7.99. The third-order valence-electron chi connectivity index (χ3n) is 6.23. The van der Waals surface area contributed by atoms with Crippen molar-refractivity contribution in [2.24, 2.45) is 0 Å². The van der Waals surface area contributed by atoms with Crippen molar-refractivity contribution in [2.75, 3.05) is 23.0 Å². The SMILES string of the molecule is CCCCCCSCCC(=O)OC(C)C(C)(C)OOC(C)(C)C(C)OC(=O)CCSCCCCCC. The first-order chi connectivity index (χ1) is 17.0. The molecule has 36 heavy (non-hydrogen) atoms. The molecule has 0 saturated heterocycles. The van der Waals surface area contributed by atoms with Crippen molar-refractivity contribution in [1.29, 1.82) is 0 Å². The van der Waals surface area contributed by atoms with Gasteiger partial charge in [0, 0.05) is 11.5 Å². The Hall–Kier alpha value is -0.440. The van der Waals surface area contributed by atoms with Gasteiger partial charge in [0.25, 0.3) is 0 Å². The normalized spacial score (nSPS) is 13.9. The first kappa shape index (κ1) is 35.6. The Bertz CT molecular complexity index is 532. The summed E-state index contributed by atoms with van der Waals surface area (Å²) < 4.78 is 11.2. The third-order valence-corrected chi connectivity index (χ3v) is 8.37. The molecule has 6 nitrogen and oxygen atoms in total. The van der Waals surface area contributed by atoms with Gasteiger partial charge < -0.3 is 9.47 Å². The number of esters is 2. The van der Waals surface area contributed by atoms with Crippen molar-refractivity contribution in [3.8, 4) is 0 Å². The van der Waals surface area contributed by atoms with Crippen LogP contribution in [-0.4, -0.2) is 58.4 Å². The van der Waals surface area contributed by atoms with Gasteiger partial charge >= 0.3 is 11.9 Å². The Labute approximate surface area is 230 Å². The molecule has 0 aliphatic rings. The Balaban J connectivity index is 4.27. The van der Waals surface area contributed by atoms with Crippen LogP contribution in [0.3, 0.4) is 0 Å². The molecule has 0 rings (SSSR count). The summed E-state index contributed by atoms with van der Waals surface area (Å²) in [6.07, 6.45) is 9.68. The van der Waals surface area contributed by atoms with E-state index in [1.54, 1.807) is 37.4 Å². The molecule has 0 aromatic carbocycles. The lowest BCUT2D eigenvalue weighted by Crippen LogP contribution is -2.46. The molecule has 0 heterocycles. The number of rotatable bonds is 23. The lowest BCUT2D eigenvalue weighted by Gasteiger charge is -2.36. The minimum absolute atomic E-state index is 0.231. The maximum absolute atomic E-state index is 12.2. The molecule has 0 aliphatic heterocycles. The first-order valence-electron chi connectivity index (χ1n) is 13.9. The van der Waals surface area contributed by atoms with Crippen LogP contribution in [-0.2, 0) is 28.8 Å². The molecule has 0 radical (unpaired) electrons. The molecule has 0 aliphatic carbocycles. The van der Waals surface area contributed by atoms with Gasteiger partial charge in [-0.1, -0.05) is 52.4 Å². The molecule has 0 bridgehead atoms. The zero-order chi connectivity index (χ0) is 27.5. The van der Waals surface area contributed by atoms with E-state index in [1.165, 1.54) is 51.4 Å². The standard InChI is InChI=1S/C28H54O6S2/c1-9-11-13-15-19-35-21-17-25(29)31-23(3)27(5,6)33-34-28(7,8)24(4)32-26(30)18-22-36-20-16-14-12-10-2/h23-24H,9-22H2,1-8H3. The number of carbonyl (C=O) groups is 2. The van der Waals surface area contributed by atoms with Crippen LogP contribution < -0.4 is 0 Å². The van der Waals surface area contributed by atoms with Crippen LogP contribution in [0.1, 0.15) is 120 Å². The van der Waals surface area contributed by atoms with E-state index in [1.807, 2.05) is 27.7 Å². The van der Waals surface area contributed by atoms with E-state index < -0.39 is 23.4 Å². The Morgan fingerprint density at radius 2 is 0.972 bits per heavy atom. The number of ether oxygens (including phenoxy) is 2. The fourth-order valence-electron chi connectivity index (χ4n) is 2.92. The molecule has 2 unspecified atom stereocenters. The van der Waals surface area contributed by atoms with E-state index in [2.05, 4.69) is 13.8 Å². The van der Waals surface area contributed by atoms with Gasteiger partial charge in [-0.2, -0.15) is 23.5 Å². The van der Waals surface area contributed by atoms with E-state index >= 15 is 0 Å². The van der Waals surface area contributed by atoms with Gasteiger partial charge in [0.2, 0.25) is 0 Å². The average Bonchev–Trinajstić information content (AvgIpc) is 2.81. The van der Waals surface area contributed by atoms with Gasteiger partial charge in [-0.15, -0.1) is 0 Å². The molecule has 0 spiro atoms. The van der Waals surface area contributed by atoms with E-state index in [-0.39, 0.29) is 11.9 Å². The summed E-state index contributed by atoms with van der Waals surface area (Å²) in [5.74, 6) is 3.24. The van der Waals surface area contributed by atoms with Crippen molar-refractivity contribution in [3.63, 3.8) is 0 Å². The number of unbranched alkanes of at least 4 members (excludes halogenated alkanes) is 6. The zero-order valence-electron chi connectivity index (χ0n) is 24.3. The summed E-state index contributed by atoms with van der Waals surface area (Å²) in [5, 5.41) is 0. The van der Waals surface area contributed by atoms with Gasteiger partial charge in [0.15, 0.2) is 0 Å². The Kier molecular flexibility index (Phi) is 20.3. The molecule has 0 aromatic rings. The minimum atomic E-state index is -0.863. The fourth-order valence-corrected chi connectivity index (χ4v) is 4.77. The Morgan fingerprint density at radius 1 is 0.611 bits per heavy atom. The van der Waals surface area contributed by atoms with Crippen LogP contribution in [0.15, 0.2) is 0 Å². The summed E-state index contributed by atoms with van der Waals surface area (Å²) >= 11 is 3.60.